The number of nitrogens with two attached hydrogens (primary N) is 1. The van der Waals surface area contributed by atoms with E-state index in [4.69, 9.17) is 15.2 Å². The summed E-state index contributed by atoms with van der Waals surface area (Å²) >= 11 is 0. The third-order valence-corrected chi connectivity index (χ3v) is 4.64. The average Bonchev–Trinajstić information content (AvgIpc) is 2.76. The van der Waals surface area contributed by atoms with Gasteiger partial charge in [0, 0.05) is 25.7 Å². The molecule has 0 unspecified atom stereocenters. The number of ether oxygens (including phenoxy) is 2. The summed E-state index contributed by atoms with van der Waals surface area (Å²) in [5.41, 5.74) is 8.39. The van der Waals surface area contributed by atoms with Crippen LogP contribution in [-0.2, 0) is 17.9 Å². The van der Waals surface area contributed by atoms with Crippen LogP contribution in [0.4, 0.5) is 0 Å². The maximum atomic E-state index is 10.9. The van der Waals surface area contributed by atoms with Crippen molar-refractivity contribution in [2.45, 2.75) is 46.2 Å². The molecule has 0 aliphatic heterocycles. The topological polar surface area (TPSA) is 98.0 Å². The van der Waals surface area contributed by atoms with E-state index in [2.05, 4.69) is 47.7 Å². The number of hydrogen-bond donors (Lipinski definition) is 3. The number of guanidine groups is 1. The average molecular weight is 427 g/mol. The summed E-state index contributed by atoms with van der Waals surface area (Å²) in [5.74, 6) is 1.70. The van der Waals surface area contributed by atoms with E-state index in [9.17, 15) is 4.79 Å². The van der Waals surface area contributed by atoms with E-state index in [1.165, 1.54) is 18.4 Å². The predicted molar refractivity (Wildman–Crippen MR) is 124 cm³/mol. The molecule has 0 saturated carbocycles. The fourth-order valence-corrected chi connectivity index (χ4v) is 2.96. The highest BCUT2D eigenvalue weighted by Gasteiger charge is 2.07. The Morgan fingerprint density at radius 1 is 1.06 bits per heavy atom. The van der Waals surface area contributed by atoms with Gasteiger partial charge in [0.15, 0.2) is 12.6 Å². The first-order valence-corrected chi connectivity index (χ1v) is 10.7. The van der Waals surface area contributed by atoms with E-state index in [1.807, 2.05) is 18.2 Å². The number of rotatable bonds is 12. The first-order chi connectivity index (χ1) is 15.0. The zero-order valence-electron chi connectivity index (χ0n) is 18.7. The SMILES string of the molecule is CCCCCOc1cc(C)ccc1CNC(=NC)NCc1cccc(OCC(N)=O)c1. The Bertz CT molecular complexity index is 868. The molecule has 0 atom stereocenters. The van der Waals surface area contributed by atoms with Crippen molar-refractivity contribution < 1.29 is 14.3 Å². The van der Waals surface area contributed by atoms with Crippen molar-refractivity contribution in [3.05, 3.63) is 59.2 Å². The molecular weight excluding hydrogens is 392 g/mol. The van der Waals surface area contributed by atoms with Crippen molar-refractivity contribution in [3.8, 4) is 11.5 Å². The molecular formula is C24H34N4O3. The van der Waals surface area contributed by atoms with Crippen molar-refractivity contribution >= 4 is 11.9 Å². The van der Waals surface area contributed by atoms with E-state index in [0.29, 0.717) is 24.8 Å². The largest absolute Gasteiger partial charge is 0.493 e. The van der Waals surface area contributed by atoms with Gasteiger partial charge in [0.05, 0.1) is 6.61 Å². The number of unbranched alkanes of at least 4 members (excludes halogenated alkanes) is 2. The monoisotopic (exact) mass is 426 g/mol. The van der Waals surface area contributed by atoms with Crippen molar-refractivity contribution in [3.63, 3.8) is 0 Å². The first kappa shape index (κ1) is 24.1. The molecule has 0 fully saturated rings. The lowest BCUT2D eigenvalue weighted by Gasteiger charge is -2.16. The molecule has 0 spiro atoms. The van der Waals surface area contributed by atoms with Crippen LogP contribution in [0.3, 0.4) is 0 Å². The second-order valence-corrected chi connectivity index (χ2v) is 7.35. The number of carbonyl (C=O) groups excluding carboxylic acids is 1. The molecule has 4 N–H and O–H groups in total. The van der Waals surface area contributed by atoms with Gasteiger partial charge in [-0.3, -0.25) is 9.79 Å². The summed E-state index contributed by atoms with van der Waals surface area (Å²) in [6, 6.07) is 13.8. The number of primary amides is 1. The minimum absolute atomic E-state index is 0.139. The van der Waals surface area contributed by atoms with Gasteiger partial charge in [-0.2, -0.15) is 0 Å². The molecule has 0 saturated heterocycles. The highest BCUT2D eigenvalue weighted by atomic mass is 16.5. The third-order valence-electron chi connectivity index (χ3n) is 4.64. The molecule has 2 aromatic carbocycles. The molecule has 2 aromatic rings. The van der Waals surface area contributed by atoms with Crippen molar-refractivity contribution in [1.82, 2.24) is 10.6 Å². The lowest BCUT2D eigenvalue weighted by molar-refractivity contribution is -0.119. The van der Waals surface area contributed by atoms with E-state index < -0.39 is 5.91 Å². The summed E-state index contributed by atoms with van der Waals surface area (Å²) in [7, 11) is 1.74. The fraction of sp³-hybridized carbons (Fsp3) is 0.417. The second kappa shape index (κ2) is 13.2. The van der Waals surface area contributed by atoms with Crippen LogP contribution >= 0.6 is 0 Å². The maximum absolute atomic E-state index is 10.9. The standard InChI is InChI=1S/C24H34N4O3/c1-4-5-6-12-30-22-13-18(2)10-11-20(22)16-28-24(26-3)27-15-19-8-7-9-21(14-19)31-17-23(25)29/h7-11,13-14H,4-6,12,15-17H2,1-3H3,(H2,25,29)(H2,26,27,28). The Morgan fingerprint density at radius 3 is 2.61 bits per heavy atom. The normalized spacial score (nSPS) is 11.1. The lowest BCUT2D eigenvalue weighted by atomic mass is 10.1. The van der Waals surface area contributed by atoms with Crippen molar-refractivity contribution in [1.29, 1.82) is 0 Å². The number of aliphatic imine (C=N–C) groups is 1. The number of nitrogens with zero attached hydrogens (tertiary/aromatic N) is 1. The summed E-state index contributed by atoms with van der Waals surface area (Å²) in [6.07, 6.45) is 3.40. The first-order valence-electron chi connectivity index (χ1n) is 10.7. The molecule has 0 aromatic heterocycles. The molecule has 31 heavy (non-hydrogen) atoms. The summed E-state index contributed by atoms with van der Waals surface area (Å²) < 4.78 is 11.4. The molecule has 0 radical (unpaired) electrons. The van der Waals surface area contributed by atoms with Gasteiger partial charge in [-0.1, -0.05) is 44.0 Å². The Kier molecular flexibility index (Phi) is 10.2. The number of carbonyl (C=O) groups is 1. The molecule has 0 bridgehead atoms. The van der Waals surface area contributed by atoms with Gasteiger partial charge in [0.1, 0.15) is 11.5 Å². The number of hydrogen-bond acceptors (Lipinski definition) is 4. The van der Waals surface area contributed by atoms with Gasteiger partial charge in [-0.15, -0.1) is 0 Å². The highest BCUT2D eigenvalue weighted by Crippen LogP contribution is 2.21. The number of nitrogens with one attached hydrogen (secondary N) is 2. The smallest absolute Gasteiger partial charge is 0.255 e. The molecule has 7 nitrogen and oxygen atoms in total. The molecule has 2 rings (SSSR count). The summed E-state index contributed by atoms with van der Waals surface area (Å²) in [5, 5.41) is 6.63. The van der Waals surface area contributed by atoms with E-state index in [0.717, 1.165) is 29.9 Å². The van der Waals surface area contributed by atoms with Gasteiger partial charge in [0.25, 0.3) is 5.91 Å². The van der Waals surface area contributed by atoms with Crippen LogP contribution in [0.1, 0.15) is 42.9 Å². The minimum Gasteiger partial charge on any atom is -0.493 e. The maximum Gasteiger partial charge on any atom is 0.255 e. The van der Waals surface area contributed by atoms with Crippen LogP contribution in [0.5, 0.6) is 11.5 Å². The molecule has 168 valence electrons. The van der Waals surface area contributed by atoms with E-state index in [-0.39, 0.29) is 6.61 Å². The zero-order valence-corrected chi connectivity index (χ0v) is 18.7. The Morgan fingerprint density at radius 2 is 1.87 bits per heavy atom. The van der Waals surface area contributed by atoms with Crippen molar-refractivity contribution in [2.24, 2.45) is 10.7 Å². The highest BCUT2D eigenvalue weighted by molar-refractivity contribution is 5.79. The molecule has 0 aliphatic carbocycles. The van der Waals surface area contributed by atoms with Gasteiger partial charge in [0.2, 0.25) is 0 Å². The predicted octanol–water partition coefficient (Wildman–Crippen LogP) is 3.29. The lowest BCUT2D eigenvalue weighted by Crippen LogP contribution is -2.36. The molecule has 1 amide bonds. The molecule has 0 heterocycles. The van der Waals surface area contributed by atoms with Gasteiger partial charge < -0.3 is 25.8 Å². The minimum atomic E-state index is -0.502. The Labute approximate surface area is 185 Å². The summed E-state index contributed by atoms with van der Waals surface area (Å²) in [4.78, 5) is 15.2. The zero-order chi connectivity index (χ0) is 22.5. The van der Waals surface area contributed by atoms with E-state index >= 15 is 0 Å². The molecule has 7 heteroatoms. The number of amides is 1. The Balaban J connectivity index is 1.90. The number of aryl methyl sites for hydroxylation is 1. The van der Waals surface area contributed by atoms with Crippen molar-refractivity contribution in [2.75, 3.05) is 20.3 Å². The van der Waals surface area contributed by atoms with Crippen LogP contribution in [0.15, 0.2) is 47.5 Å². The third kappa shape index (κ3) is 8.99. The Hall–Kier alpha value is -3.22. The van der Waals surface area contributed by atoms with Crippen LogP contribution in [0.2, 0.25) is 0 Å². The van der Waals surface area contributed by atoms with E-state index in [1.54, 1.807) is 13.1 Å². The molecule has 0 aliphatic rings. The van der Waals surface area contributed by atoms with Crippen LogP contribution < -0.4 is 25.8 Å². The van der Waals surface area contributed by atoms with Gasteiger partial charge in [-0.05, 0) is 42.7 Å². The van der Waals surface area contributed by atoms with Crippen LogP contribution in [0, 0.1) is 6.92 Å². The van der Waals surface area contributed by atoms with Crippen LogP contribution in [0.25, 0.3) is 0 Å². The van der Waals surface area contributed by atoms with Crippen LogP contribution in [-0.4, -0.2) is 32.1 Å². The fourth-order valence-electron chi connectivity index (χ4n) is 2.96. The quantitative estimate of drug-likeness (QED) is 0.275. The van der Waals surface area contributed by atoms with Gasteiger partial charge in [-0.25, -0.2) is 0 Å². The van der Waals surface area contributed by atoms with Gasteiger partial charge >= 0.3 is 0 Å². The number of benzene rings is 2. The summed E-state index contributed by atoms with van der Waals surface area (Å²) in [6.45, 7) is 6.00. The second-order valence-electron chi connectivity index (χ2n) is 7.35.